The Morgan fingerprint density at radius 2 is 2.21 bits per heavy atom. The van der Waals surface area contributed by atoms with Crippen LogP contribution in [0.25, 0.3) is 0 Å². The van der Waals surface area contributed by atoms with Crippen molar-refractivity contribution in [2.45, 2.75) is 12.5 Å². The molecule has 1 aromatic carbocycles. The SMILES string of the molecule is O=C(O)C1C=CC(Nc2ccc(I)cc2[N+](=O)[O-])C1. The molecule has 0 aliphatic heterocycles. The highest BCUT2D eigenvalue weighted by Gasteiger charge is 2.26. The third kappa shape index (κ3) is 3.22. The lowest BCUT2D eigenvalue weighted by Crippen LogP contribution is -2.19. The number of nitro groups is 1. The number of aliphatic carboxylic acids is 1. The van der Waals surface area contributed by atoms with Gasteiger partial charge in [-0.05, 0) is 41.1 Å². The normalized spacial score (nSPS) is 21.3. The average Bonchev–Trinajstić information content (AvgIpc) is 2.80. The second kappa shape index (κ2) is 5.55. The Balaban J connectivity index is 2.15. The van der Waals surface area contributed by atoms with E-state index in [1.165, 1.54) is 6.07 Å². The van der Waals surface area contributed by atoms with Gasteiger partial charge in [0.15, 0.2) is 0 Å². The number of anilines is 1. The first-order valence-electron chi connectivity index (χ1n) is 5.59. The number of rotatable bonds is 4. The number of carboxylic acids is 1. The molecule has 1 aliphatic rings. The summed E-state index contributed by atoms with van der Waals surface area (Å²) in [5.41, 5.74) is 0.408. The molecule has 2 atom stereocenters. The fraction of sp³-hybridized carbons (Fsp3) is 0.250. The van der Waals surface area contributed by atoms with E-state index in [-0.39, 0.29) is 11.7 Å². The summed E-state index contributed by atoms with van der Waals surface area (Å²) >= 11 is 2.01. The van der Waals surface area contributed by atoms with Gasteiger partial charge in [0.1, 0.15) is 5.69 Å². The summed E-state index contributed by atoms with van der Waals surface area (Å²) in [5, 5.41) is 22.9. The summed E-state index contributed by atoms with van der Waals surface area (Å²) < 4.78 is 0.778. The third-order valence-electron chi connectivity index (χ3n) is 2.90. The van der Waals surface area contributed by atoms with Crippen molar-refractivity contribution in [1.82, 2.24) is 0 Å². The Bertz CT molecular complexity index is 559. The predicted octanol–water partition coefficient (Wildman–Crippen LogP) is 2.64. The molecule has 19 heavy (non-hydrogen) atoms. The van der Waals surface area contributed by atoms with Crippen LogP contribution in [0.1, 0.15) is 6.42 Å². The van der Waals surface area contributed by atoms with Crippen molar-refractivity contribution in [3.8, 4) is 0 Å². The average molecular weight is 374 g/mol. The van der Waals surface area contributed by atoms with Crippen LogP contribution in [0.15, 0.2) is 30.4 Å². The number of hydrogen-bond acceptors (Lipinski definition) is 4. The van der Waals surface area contributed by atoms with E-state index in [9.17, 15) is 14.9 Å². The molecule has 0 bridgehead atoms. The van der Waals surface area contributed by atoms with Crippen molar-refractivity contribution in [2.75, 3.05) is 5.32 Å². The van der Waals surface area contributed by atoms with Crippen molar-refractivity contribution in [3.05, 3.63) is 44.0 Å². The van der Waals surface area contributed by atoms with Crippen molar-refractivity contribution >= 4 is 39.9 Å². The molecule has 0 radical (unpaired) electrons. The van der Waals surface area contributed by atoms with Crippen LogP contribution in [-0.4, -0.2) is 22.0 Å². The van der Waals surface area contributed by atoms with Crippen LogP contribution in [0.4, 0.5) is 11.4 Å². The summed E-state index contributed by atoms with van der Waals surface area (Å²) in [6.07, 6.45) is 3.75. The molecule has 2 N–H and O–H groups in total. The van der Waals surface area contributed by atoms with Crippen molar-refractivity contribution in [1.29, 1.82) is 0 Å². The van der Waals surface area contributed by atoms with Gasteiger partial charge in [-0.15, -0.1) is 0 Å². The maximum absolute atomic E-state index is 11.0. The van der Waals surface area contributed by atoms with Crippen LogP contribution in [0, 0.1) is 19.6 Å². The Kier molecular flexibility index (Phi) is 4.03. The molecule has 7 heteroatoms. The minimum atomic E-state index is -0.877. The van der Waals surface area contributed by atoms with Crippen LogP contribution < -0.4 is 5.32 Å². The topological polar surface area (TPSA) is 92.5 Å². The molecular formula is C12H11IN2O4. The second-order valence-corrected chi connectivity index (χ2v) is 5.48. The van der Waals surface area contributed by atoms with Gasteiger partial charge in [-0.3, -0.25) is 14.9 Å². The van der Waals surface area contributed by atoms with Crippen LogP contribution in [0.5, 0.6) is 0 Å². The fourth-order valence-corrected chi connectivity index (χ4v) is 2.44. The molecule has 0 fully saturated rings. The van der Waals surface area contributed by atoms with E-state index >= 15 is 0 Å². The molecule has 0 saturated heterocycles. The van der Waals surface area contributed by atoms with E-state index in [4.69, 9.17) is 5.11 Å². The van der Waals surface area contributed by atoms with Gasteiger partial charge in [0.2, 0.25) is 0 Å². The van der Waals surface area contributed by atoms with Crippen LogP contribution in [0.2, 0.25) is 0 Å². The zero-order chi connectivity index (χ0) is 14.0. The summed E-state index contributed by atoms with van der Waals surface area (Å²) in [4.78, 5) is 21.4. The molecule has 1 aliphatic carbocycles. The molecule has 0 amide bonds. The molecule has 2 rings (SSSR count). The minimum absolute atomic E-state index is 0.000856. The van der Waals surface area contributed by atoms with Gasteiger partial charge in [-0.1, -0.05) is 12.2 Å². The predicted molar refractivity (Wildman–Crippen MR) is 78.1 cm³/mol. The zero-order valence-corrected chi connectivity index (χ0v) is 11.9. The molecule has 0 aromatic heterocycles. The van der Waals surface area contributed by atoms with Crippen LogP contribution >= 0.6 is 22.6 Å². The summed E-state index contributed by atoms with van der Waals surface area (Å²) in [6.45, 7) is 0. The molecule has 0 heterocycles. The standard InChI is InChI=1S/C12H11IN2O4/c13-8-2-4-10(11(6-8)15(18)19)14-9-3-1-7(5-9)12(16)17/h1-4,6-7,9,14H,5H2,(H,16,17). The third-order valence-corrected chi connectivity index (χ3v) is 3.57. The highest BCUT2D eigenvalue weighted by molar-refractivity contribution is 14.1. The van der Waals surface area contributed by atoms with Gasteiger partial charge in [0.05, 0.1) is 10.8 Å². The van der Waals surface area contributed by atoms with Crippen molar-refractivity contribution in [2.24, 2.45) is 5.92 Å². The van der Waals surface area contributed by atoms with Gasteiger partial charge in [-0.2, -0.15) is 0 Å². The monoisotopic (exact) mass is 374 g/mol. The van der Waals surface area contributed by atoms with Gasteiger partial charge in [0.25, 0.3) is 5.69 Å². The highest BCUT2D eigenvalue weighted by atomic mass is 127. The van der Waals surface area contributed by atoms with Crippen LogP contribution in [0.3, 0.4) is 0 Å². The lowest BCUT2D eigenvalue weighted by Gasteiger charge is -2.13. The van der Waals surface area contributed by atoms with E-state index in [1.54, 1.807) is 24.3 Å². The highest BCUT2D eigenvalue weighted by Crippen LogP contribution is 2.29. The zero-order valence-electron chi connectivity index (χ0n) is 9.75. The van der Waals surface area contributed by atoms with Gasteiger partial charge >= 0.3 is 5.97 Å². The first-order chi connectivity index (χ1) is 8.97. The lowest BCUT2D eigenvalue weighted by atomic mass is 10.1. The van der Waals surface area contributed by atoms with Gasteiger partial charge in [0, 0.05) is 15.7 Å². The molecule has 0 saturated carbocycles. The maximum Gasteiger partial charge on any atom is 0.310 e. The number of nitrogens with zero attached hydrogens (tertiary/aromatic N) is 1. The van der Waals surface area contributed by atoms with Gasteiger partial charge < -0.3 is 10.4 Å². The van der Waals surface area contributed by atoms with E-state index < -0.39 is 16.8 Å². The smallest absolute Gasteiger partial charge is 0.310 e. The Morgan fingerprint density at radius 1 is 1.47 bits per heavy atom. The van der Waals surface area contributed by atoms with Crippen LogP contribution in [-0.2, 0) is 4.79 Å². The Hall–Kier alpha value is -1.64. The Morgan fingerprint density at radius 3 is 2.79 bits per heavy atom. The number of carbonyl (C=O) groups is 1. The molecule has 0 spiro atoms. The summed E-state index contributed by atoms with van der Waals surface area (Å²) in [7, 11) is 0. The summed E-state index contributed by atoms with van der Waals surface area (Å²) in [5.74, 6) is -1.40. The van der Waals surface area contributed by atoms with E-state index in [0.29, 0.717) is 12.1 Å². The second-order valence-electron chi connectivity index (χ2n) is 4.23. The quantitative estimate of drug-likeness (QED) is 0.366. The molecule has 6 nitrogen and oxygen atoms in total. The number of benzene rings is 1. The minimum Gasteiger partial charge on any atom is -0.481 e. The van der Waals surface area contributed by atoms with E-state index in [1.807, 2.05) is 22.6 Å². The summed E-state index contributed by atoms with van der Waals surface area (Å²) in [6, 6.07) is 4.70. The number of halogens is 1. The van der Waals surface area contributed by atoms with E-state index in [0.717, 1.165) is 3.57 Å². The maximum atomic E-state index is 11.0. The number of hydrogen-bond donors (Lipinski definition) is 2. The van der Waals surface area contributed by atoms with Crippen molar-refractivity contribution in [3.63, 3.8) is 0 Å². The molecule has 2 unspecified atom stereocenters. The fourth-order valence-electron chi connectivity index (χ4n) is 1.97. The first kappa shape index (κ1) is 13.8. The van der Waals surface area contributed by atoms with Gasteiger partial charge in [-0.25, -0.2) is 0 Å². The molecule has 1 aromatic rings. The number of nitro benzene ring substituents is 1. The number of nitrogens with one attached hydrogen (secondary N) is 1. The Labute approximate surface area is 122 Å². The number of carboxylic acid groups (broad SMARTS) is 1. The lowest BCUT2D eigenvalue weighted by molar-refractivity contribution is -0.384. The van der Waals surface area contributed by atoms with Crippen molar-refractivity contribution < 1.29 is 14.8 Å². The van der Waals surface area contributed by atoms with E-state index in [2.05, 4.69) is 5.32 Å². The molecule has 100 valence electrons. The first-order valence-corrected chi connectivity index (χ1v) is 6.67. The molecular weight excluding hydrogens is 363 g/mol. The largest absolute Gasteiger partial charge is 0.481 e.